The lowest BCUT2D eigenvalue weighted by Gasteiger charge is -2.35. The summed E-state index contributed by atoms with van der Waals surface area (Å²) in [4.78, 5) is 15.8. The van der Waals surface area contributed by atoms with Gasteiger partial charge in [0.1, 0.15) is 11.9 Å². The molecule has 150 valence electrons. The predicted molar refractivity (Wildman–Crippen MR) is 111 cm³/mol. The molecule has 28 heavy (non-hydrogen) atoms. The number of hydrogen-bond donors (Lipinski definition) is 2. The van der Waals surface area contributed by atoms with Gasteiger partial charge in [-0.2, -0.15) is 0 Å². The highest BCUT2D eigenvalue weighted by molar-refractivity contribution is 5.87. The van der Waals surface area contributed by atoms with Gasteiger partial charge in [-0.15, -0.1) is 0 Å². The molecular weight excluding hydrogens is 354 g/mol. The third-order valence-electron chi connectivity index (χ3n) is 5.12. The van der Waals surface area contributed by atoms with Crippen LogP contribution >= 0.6 is 0 Å². The van der Waals surface area contributed by atoms with E-state index in [9.17, 15) is 4.79 Å². The molecule has 0 bridgehead atoms. The summed E-state index contributed by atoms with van der Waals surface area (Å²) in [6.45, 7) is 8.17. The minimum absolute atomic E-state index is 0.128. The molecule has 1 unspecified atom stereocenters. The van der Waals surface area contributed by atoms with Gasteiger partial charge >= 0.3 is 5.97 Å². The van der Waals surface area contributed by atoms with Crippen LogP contribution in [0, 0.1) is 0 Å². The summed E-state index contributed by atoms with van der Waals surface area (Å²) in [7, 11) is 0. The second kappa shape index (κ2) is 9.57. The van der Waals surface area contributed by atoms with Crippen LogP contribution in [-0.2, 0) is 6.42 Å². The Bertz CT molecular complexity index is 754. The van der Waals surface area contributed by atoms with Crippen molar-refractivity contribution in [1.29, 1.82) is 0 Å². The summed E-state index contributed by atoms with van der Waals surface area (Å²) in [5, 5.41) is 8.96. The van der Waals surface area contributed by atoms with Gasteiger partial charge < -0.3 is 20.5 Å². The van der Waals surface area contributed by atoms with E-state index < -0.39 is 5.97 Å². The Labute approximate surface area is 166 Å². The number of carbonyl (C=O) groups is 1. The maximum atomic E-state index is 10.9. The Kier molecular flexibility index (Phi) is 6.90. The zero-order chi connectivity index (χ0) is 19.9. The number of benzene rings is 2. The zero-order valence-corrected chi connectivity index (χ0v) is 16.4. The van der Waals surface area contributed by atoms with Gasteiger partial charge in [-0.05, 0) is 55.3 Å². The van der Waals surface area contributed by atoms with Crippen LogP contribution in [0.25, 0.3) is 0 Å². The summed E-state index contributed by atoms with van der Waals surface area (Å²) in [6, 6.07) is 14.7. The molecule has 6 heteroatoms. The van der Waals surface area contributed by atoms with Gasteiger partial charge in [0, 0.05) is 45.0 Å². The second-order valence-corrected chi connectivity index (χ2v) is 7.39. The lowest BCUT2D eigenvalue weighted by atomic mass is 10.1. The number of nitrogen functional groups attached to an aromatic ring is 1. The van der Waals surface area contributed by atoms with E-state index in [0.717, 1.165) is 57.1 Å². The van der Waals surface area contributed by atoms with Gasteiger partial charge in [-0.1, -0.05) is 12.1 Å². The summed E-state index contributed by atoms with van der Waals surface area (Å²) in [6.07, 6.45) is 1.07. The van der Waals surface area contributed by atoms with E-state index in [4.69, 9.17) is 15.6 Å². The van der Waals surface area contributed by atoms with Crippen LogP contribution in [-0.4, -0.2) is 66.2 Å². The molecule has 6 nitrogen and oxygen atoms in total. The molecule has 2 aromatic carbocycles. The Hall–Kier alpha value is -2.57. The normalized spacial score (nSPS) is 16.6. The molecule has 1 fully saturated rings. The number of carboxylic acids is 1. The van der Waals surface area contributed by atoms with E-state index in [1.54, 1.807) is 12.1 Å². The summed E-state index contributed by atoms with van der Waals surface area (Å²) in [5.74, 6) is -0.0217. The van der Waals surface area contributed by atoms with Crippen molar-refractivity contribution in [3.8, 4) is 5.75 Å². The maximum Gasteiger partial charge on any atom is 0.335 e. The highest BCUT2D eigenvalue weighted by atomic mass is 16.5. The van der Waals surface area contributed by atoms with E-state index in [-0.39, 0.29) is 6.10 Å². The van der Waals surface area contributed by atoms with Crippen LogP contribution in [0.3, 0.4) is 0 Å². The number of anilines is 1. The van der Waals surface area contributed by atoms with Crippen molar-refractivity contribution in [3.63, 3.8) is 0 Å². The molecule has 1 aliphatic heterocycles. The number of piperazine rings is 1. The third kappa shape index (κ3) is 5.97. The highest BCUT2D eigenvalue weighted by Gasteiger charge is 2.19. The van der Waals surface area contributed by atoms with Crippen LogP contribution in [0.2, 0.25) is 0 Å². The van der Waals surface area contributed by atoms with Crippen LogP contribution < -0.4 is 10.5 Å². The number of ether oxygens (including phenoxy) is 1. The molecule has 1 atom stereocenters. The van der Waals surface area contributed by atoms with E-state index in [1.165, 1.54) is 5.56 Å². The van der Waals surface area contributed by atoms with Crippen LogP contribution in [0.15, 0.2) is 48.5 Å². The van der Waals surface area contributed by atoms with Crippen molar-refractivity contribution in [2.45, 2.75) is 19.4 Å². The third-order valence-corrected chi connectivity index (χ3v) is 5.12. The lowest BCUT2D eigenvalue weighted by Crippen LogP contribution is -2.49. The molecule has 3 rings (SSSR count). The van der Waals surface area contributed by atoms with Crippen LogP contribution in [0.4, 0.5) is 5.69 Å². The number of hydrogen-bond acceptors (Lipinski definition) is 5. The fraction of sp³-hybridized carbons (Fsp3) is 0.409. The first-order valence-electron chi connectivity index (χ1n) is 9.79. The predicted octanol–water partition coefficient (Wildman–Crippen LogP) is 2.59. The van der Waals surface area contributed by atoms with Gasteiger partial charge in [-0.25, -0.2) is 4.79 Å². The number of nitrogens with zero attached hydrogens (tertiary/aromatic N) is 2. The molecule has 1 saturated heterocycles. The molecule has 0 aromatic heterocycles. The van der Waals surface area contributed by atoms with Gasteiger partial charge in [0.2, 0.25) is 0 Å². The molecular formula is C22H29N3O3. The molecule has 0 saturated carbocycles. The average molecular weight is 383 g/mol. The quantitative estimate of drug-likeness (QED) is 0.682. The van der Waals surface area contributed by atoms with Crippen molar-refractivity contribution in [1.82, 2.24) is 9.80 Å². The molecule has 1 heterocycles. The van der Waals surface area contributed by atoms with Crippen molar-refractivity contribution in [2.24, 2.45) is 0 Å². The number of nitrogens with two attached hydrogens (primary N) is 1. The van der Waals surface area contributed by atoms with E-state index in [1.807, 2.05) is 36.4 Å². The number of aromatic carboxylic acids is 1. The smallest absolute Gasteiger partial charge is 0.335 e. The Morgan fingerprint density at radius 2 is 1.64 bits per heavy atom. The van der Waals surface area contributed by atoms with E-state index in [0.29, 0.717) is 5.56 Å². The van der Waals surface area contributed by atoms with Gasteiger partial charge in [-0.3, -0.25) is 4.90 Å². The summed E-state index contributed by atoms with van der Waals surface area (Å²) >= 11 is 0. The summed E-state index contributed by atoms with van der Waals surface area (Å²) < 4.78 is 5.98. The maximum absolute atomic E-state index is 10.9. The molecule has 0 spiro atoms. The molecule has 2 aromatic rings. The Morgan fingerprint density at radius 1 is 1.04 bits per heavy atom. The van der Waals surface area contributed by atoms with E-state index >= 15 is 0 Å². The van der Waals surface area contributed by atoms with Crippen molar-refractivity contribution in [2.75, 3.05) is 45.0 Å². The average Bonchev–Trinajstić information content (AvgIpc) is 2.69. The first-order valence-corrected chi connectivity index (χ1v) is 9.79. The standard InChI is InChI=1S/C22H29N3O3/c1-17(28-21-8-6-20(23)7-9-21)16-25-14-12-24(13-15-25)11-10-18-2-4-19(5-3-18)22(26)27/h2-9,17H,10-16,23H2,1H3,(H,26,27). The SMILES string of the molecule is CC(CN1CCN(CCc2ccc(C(=O)O)cc2)CC1)Oc1ccc(N)cc1. The van der Waals surface area contributed by atoms with Crippen molar-refractivity contribution in [3.05, 3.63) is 59.7 Å². The monoisotopic (exact) mass is 383 g/mol. The van der Waals surface area contributed by atoms with Gasteiger partial charge in [0.15, 0.2) is 0 Å². The van der Waals surface area contributed by atoms with Crippen LogP contribution in [0.1, 0.15) is 22.8 Å². The fourth-order valence-corrected chi connectivity index (χ4v) is 3.48. The van der Waals surface area contributed by atoms with E-state index in [2.05, 4.69) is 16.7 Å². The highest BCUT2D eigenvalue weighted by Crippen LogP contribution is 2.15. The fourth-order valence-electron chi connectivity index (χ4n) is 3.48. The molecule has 0 aliphatic carbocycles. The number of carboxylic acid groups (broad SMARTS) is 1. The molecule has 1 aliphatic rings. The first-order chi connectivity index (χ1) is 13.5. The largest absolute Gasteiger partial charge is 0.489 e. The van der Waals surface area contributed by atoms with Crippen molar-refractivity contribution < 1.29 is 14.6 Å². The minimum atomic E-state index is -0.878. The Morgan fingerprint density at radius 3 is 2.25 bits per heavy atom. The first kappa shape index (κ1) is 20.2. The molecule has 3 N–H and O–H groups in total. The van der Waals surface area contributed by atoms with Gasteiger partial charge in [0.05, 0.1) is 5.56 Å². The zero-order valence-electron chi connectivity index (χ0n) is 16.4. The van der Waals surface area contributed by atoms with Crippen molar-refractivity contribution >= 4 is 11.7 Å². The minimum Gasteiger partial charge on any atom is -0.489 e. The Balaban J connectivity index is 1.37. The molecule has 0 radical (unpaired) electrons. The lowest BCUT2D eigenvalue weighted by molar-refractivity contribution is 0.0697. The topological polar surface area (TPSA) is 79.0 Å². The van der Waals surface area contributed by atoms with Crippen LogP contribution in [0.5, 0.6) is 5.75 Å². The van der Waals surface area contributed by atoms with Gasteiger partial charge in [0.25, 0.3) is 0 Å². The number of rotatable bonds is 8. The molecule has 0 amide bonds. The summed E-state index contributed by atoms with van der Waals surface area (Å²) in [5.41, 5.74) is 7.97. The second-order valence-electron chi connectivity index (χ2n) is 7.39.